The second kappa shape index (κ2) is 7.71. The molecule has 0 aliphatic rings. The topological polar surface area (TPSA) is 63.4 Å². The normalized spacial score (nSPS) is 13.2. The first-order valence-corrected chi connectivity index (χ1v) is 8.40. The summed E-state index contributed by atoms with van der Waals surface area (Å²) >= 11 is 0. The highest BCUT2D eigenvalue weighted by Gasteiger charge is 2.26. The molecule has 0 fully saturated rings. The van der Waals surface area contributed by atoms with Crippen LogP contribution in [0, 0.1) is 5.41 Å². The van der Waals surface area contributed by atoms with Crippen LogP contribution in [-0.4, -0.2) is 36.3 Å². The van der Waals surface area contributed by atoms with Crippen molar-refractivity contribution in [1.29, 1.82) is 0 Å². The Hall–Kier alpha value is -2.01. The van der Waals surface area contributed by atoms with Crippen LogP contribution in [0.2, 0.25) is 0 Å². The summed E-state index contributed by atoms with van der Waals surface area (Å²) in [5.41, 5.74) is 0.493. The Morgan fingerprint density at radius 1 is 1.25 bits per heavy atom. The maximum atomic E-state index is 12.2. The summed E-state index contributed by atoms with van der Waals surface area (Å²) in [6.45, 7) is 10.5. The number of esters is 1. The number of aromatic amines is 1. The van der Waals surface area contributed by atoms with E-state index in [1.807, 2.05) is 51.2 Å². The fraction of sp³-hybridized carbons (Fsp3) is 0.526. The molecule has 0 saturated heterocycles. The Bertz CT molecular complexity index is 671. The molecule has 0 spiro atoms. The van der Waals surface area contributed by atoms with Crippen LogP contribution in [0.3, 0.4) is 0 Å². The van der Waals surface area contributed by atoms with Gasteiger partial charge in [0.05, 0.1) is 5.41 Å². The van der Waals surface area contributed by atoms with Gasteiger partial charge in [-0.25, -0.2) is 0 Å². The summed E-state index contributed by atoms with van der Waals surface area (Å²) in [6, 6.07) is 8.16. The summed E-state index contributed by atoms with van der Waals surface area (Å²) in [6.07, 6.45) is 1.54. The minimum absolute atomic E-state index is 0.221. The van der Waals surface area contributed by atoms with Crippen molar-refractivity contribution >= 4 is 16.9 Å². The van der Waals surface area contributed by atoms with Crippen LogP contribution < -0.4 is 10.1 Å². The lowest BCUT2D eigenvalue weighted by Gasteiger charge is -2.24. The zero-order valence-corrected chi connectivity index (χ0v) is 15.2. The Morgan fingerprint density at radius 3 is 2.67 bits per heavy atom. The van der Waals surface area contributed by atoms with Gasteiger partial charge in [0.15, 0.2) is 0 Å². The summed E-state index contributed by atoms with van der Waals surface area (Å²) < 4.78 is 11.6. The molecule has 5 heteroatoms. The predicted octanol–water partition coefficient (Wildman–Crippen LogP) is 3.50. The number of hydrogen-bond donors (Lipinski definition) is 2. The molecule has 1 atom stereocenters. The van der Waals surface area contributed by atoms with Crippen molar-refractivity contribution in [3.63, 3.8) is 0 Å². The van der Waals surface area contributed by atoms with Gasteiger partial charge in [-0.05, 0) is 39.0 Å². The third kappa shape index (κ3) is 4.99. The molecule has 0 bridgehead atoms. The van der Waals surface area contributed by atoms with Gasteiger partial charge in [0.2, 0.25) is 0 Å². The predicted molar refractivity (Wildman–Crippen MR) is 96.3 cm³/mol. The quantitative estimate of drug-likeness (QED) is 0.762. The number of ether oxygens (including phenoxy) is 2. The highest BCUT2D eigenvalue weighted by molar-refractivity contribution is 5.85. The van der Waals surface area contributed by atoms with E-state index < -0.39 is 5.41 Å². The molecule has 132 valence electrons. The fourth-order valence-electron chi connectivity index (χ4n) is 2.20. The first-order valence-electron chi connectivity index (χ1n) is 8.40. The number of carbonyl (C=O) groups excluding carboxylic acids is 1. The number of benzene rings is 1. The van der Waals surface area contributed by atoms with Crippen molar-refractivity contribution in [2.45, 2.75) is 46.8 Å². The lowest BCUT2D eigenvalue weighted by Crippen LogP contribution is -2.40. The molecule has 0 aliphatic carbocycles. The first-order chi connectivity index (χ1) is 11.3. The summed E-state index contributed by atoms with van der Waals surface area (Å²) in [5.74, 6) is 0.566. The molecule has 2 N–H and O–H groups in total. The van der Waals surface area contributed by atoms with Crippen molar-refractivity contribution in [2.24, 2.45) is 5.41 Å². The van der Waals surface area contributed by atoms with Gasteiger partial charge in [-0.15, -0.1) is 0 Å². The second-order valence-electron chi connectivity index (χ2n) is 7.35. The standard InChI is InChI=1S/C19H28N2O3/c1-13(2)21-11-14(24-18(22)19(3,4)5)12-23-17-8-6-7-16-15(17)9-10-20-16/h6-10,13-14,20-21H,11-12H2,1-5H3. The van der Waals surface area contributed by atoms with E-state index in [1.54, 1.807) is 0 Å². The number of carbonyl (C=O) groups is 1. The van der Waals surface area contributed by atoms with Gasteiger partial charge < -0.3 is 19.8 Å². The maximum Gasteiger partial charge on any atom is 0.311 e. The van der Waals surface area contributed by atoms with Crippen LogP contribution >= 0.6 is 0 Å². The molecule has 1 aromatic heterocycles. The van der Waals surface area contributed by atoms with E-state index in [4.69, 9.17) is 9.47 Å². The lowest BCUT2D eigenvalue weighted by molar-refractivity contribution is -0.159. The van der Waals surface area contributed by atoms with Gasteiger partial charge in [-0.1, -0.05) is 19.9 Å². The molecular formula is C19H28N2O3. The fourth-order valence-corrected chi connectivity index (χ4v) is 2.20. The average molecular weight is 332 g/mol. The zero-order valence-electron chi connectivity index (χ0n) is 15.2. The van der Waals surface area contributed by atoms with Gasteiger partial charge in [0.1, 0.15) is 18.5 Å². The molecule has 0 aliphatic heterocycles. The van der Waals surface area contributed by atoms with Crippen LogP contribution in [0.5, 0.6) is 5.75 Å². The lowest BCUT2D eigenvalue weighted by atomic mass is 9.97. The monoisotopic (exact) mass is 332 g/mol. The van der Waals surface area contributed by atoms with Crippen molar-refractivity contribution < 1.29 is 14.3 Å². The molecule has 1 unspecified atom stereocenters. The second-order valence-corrected chi connectivity index (χ2v) is 7.35. The Kier molecular flexibility index (Phi) is 5.89. The highest BCUT2D eigenvalue weighted by atomic mass is 16.6. The zero-order chi connectivity index (χ0) is 17.7. The summed E-state index contributed by atoms with van der Waals surface area (Å²) in [5, 5.41) is 4.33. The molecule has 2 aromatic rings. The van der Waals surface area contributed by atoms with Gasteiger partial charge in [-0.3, -0.25) is 4.79 Å². The third-order valence-corrected chi connectivity index (χ3v) is 3.62. The molecule has 0 radical (unpaired) electrons. The average Bonchev–Trinajstić information content (AvgIpc) is 2.97. The van der Waals surface area contributed by atoms with E-state index in [0.717, 1.165) is 16.7 Å². The van der Waals surface area contributed by atoms with Gasteiger partial charge in [0, 0.05) is 29.7 Å². The number of nitrogens with one attached hydrogen (secondary N) is 2. The molecule has 2 rings (SSSR count). The Labute approximate surface area is 143 Å². The largest absolute Gasteiger partial charge is 0.489 e. The van der Waals surface area contributed by atoms with Crippen LogP contribution in [-0.2, 0) is 9.53 Å². The number of H-pyrrole nitrogens is 1. The number of aromatic nitrogens is 1. The van der Waals surface area contributed by atoms with Crippen LogP contribution in [0.25, 0.3) is 10.9 Å². The molecule has 1 heterocycles. The highest BCUT2D eigenvalue weighted by Crippen LogP contribution is 2.25. The smallest absolute Gasteiger partial charge is 0.311 e. The van der Waals surface area contributed by atoms with E-state index in [-0.39, 0.29) is 12.1 Å². The molecule has 1 aromatic carbocycles. The van der Waals surface area contributed by atoms with Gasteiger partial charge in [-0.2, -0.15) is 0 Å². The number of fused-ring (bicyclic) bond motifs is 1. The molecule has 5 nitrogen and oxygen atoms in total. The summed E-state index contributed by atoms with van der Waals surface area (Å²) in [4.78, 5) is 15.4. The van der Waals surface area contributed by atoms with E-state index in [2.05, 4.69) is 24.1 Å². The molecule has 24 heavy (non-hydrogen) atoms. The van der Waals surface area contributed by atoms with E-state index >= 15 is 0 Å². The molecular weight excluding hydrogens is 304 g/mol. The van der Waals surface area contributed by atoms with Crippen molar-refractivity contribution in [3.8, 4) is 5.75 Å². The third-order valence-electron chi connectivity index (χ3n) is 3.62. The minimum Gasteiger partial charge on any atom is -0.489 e. The van der Waals surface area contributed by atoms with Crippen LogP contribution in [0.1, 0.15) is 34.6 Å². The van der Waals surface area contributed by atoms with Crippen molar-refractivity contribution in [1.82, 2.24) is 10.3 Å². The Balaban J connectivity index is 2.04. The van der Waals surface area contributed by atoms with Crippen molar-refractivity contribution in [3.05, 3.63) is 30.5 Å². The first kappa shape index (κ1) is 18.3. The van der Waals surface area contributed by atoms with E-state index in [1.165, 1.54) is 0 Å². The molecule has 0 amide bonds. The minimum atomic E-state index is -0.531. The van der Waals surface area contributed by atoms with E-state index in [0.29, 0.717) is 19.2 Å². The van der Waals surface area contributed by atoms with Gasteiger partial charge >= 0.3 is 5.97 Å². The van der Waals surface area contributed by atoms with E-state index in [9.17, 15) is 4.79 Å². The van der Waals surface area contributed by atoms with Crippen LogP contribution in [0.4, 0.5) is 0 Å². The van der Waals surface area contributed by atoms with Crippen LogP contribution in [0.15, 0.2) is 30.5 Å². The number of hydrogen-bond acceptors (Lipinski definition) is 4. The summed E-state index contributed by atoms with van der Waals surface area (Å²) in [7, 11) is 0. The Morgan fingerprint density at radius 2 is 2.00 bits per heavy atom. The number of rotatable bonds is 7. The van der Waals surface area contributed by atoms with Gasteiger partial charge in [0.25, 0.3) is 0 Å². The SMILES string of the molecule is CC(C)NCC(COc1cccc2[nH]ccc12)OC(=O)C(C)(C)C. The van der Waals surface area contributed by atoms with Crippen molar-refractivity contribution in [2.75, 3.05) is 13.2 Å². The molecule has 0 saturated carbocycles. The maximum absolute atomic E-state index is 12.2.